The molecule has 84 valence electrons. The molecule has 0 spiro atoms. The number of rotatable bonds is 7. The largest absolute Gasteiger partial charge is 0.298 e. The number of carbonyl (C=O) groups excluding carboxylic acids is 1. The van der Waals surface area contributed by atoms with Crippen molar-refractivity contribution in [1.29, 1.82) is 0 Å². The summed E-state index contributed by atoms with van der Waals surface area (Å²) >= 11 is 0. The zero-order valence-electron chi connectivity index (χ0n) is 9.56. The monoisotopic (exact) mass is 214 g/mol. The fourth-order valence-corrected chi connectivity index (χ4v) is 1.55. The minimum Gasteiger partial charge on any atom is -0.298 e. The molecule has 0 radical (unpaired) electrons. The second kappa shape index (κ2) is 7.63. The molecule has 1 aromatic carbocycles. The second-order valence-corrected chi connectivity index (χ2v) is 3.78. The molecule has 1 rings (SSSR count). The van der Waals surface area contributed by atoms with E-state index in [2.05, 4.69) is 6.58 Å². The summed E-state index contributed by atoms with van der Waals surface area (Å²) in [6, 6.07) is 9.94. The van der Waals surface area contributed by atoms with E-state index in [0.29, 0.717) is 0 Å². The van der Waals surface area contributed by atoms with Crippen molar-refractivity contribution in [1.82, 2.24) is 0 Å². The maximum absolute atomic E-state index is 10.9. The Balaban J connectivity index is 2.50. The molecule has 0 saturated heterocycles. The van der Waals surface area contributed by atoms with Crippen molar-refractivity contribution in [3.8, 4) is 0 Å². The van der Waals surface area contributed by atoms with Crippen LogP contribution in [-0.2, 0) is 4.79 Å². The first-order valence-corrected chi connectivity index (χ1v) is 5.68. The summed E-state index contributed by atoms with van der Waals surface area (Å²) in [6.07, 6.45) is 8.86. The van der Waals surface area contributed by atoms with Gasteiger partial charge in [-0.25, -0.2) is 0 Å². The van der Waals surface area contributed by atoms with Crippen LogP contribution in [0.3, 0.4) is 0 Å². The van der Waals surface area contributed by atoms with Gasteiger partial charge in [0.15, 0.2) is 0 Å². The van der Waals surface area contributed by atoms with Gasteiger partial charge in [0, 0.05) is 0 Å². The highest BCUT2D eigenvalue weighted by Crippen LogP contribution is 2.12. The summed E-state index contributed by atoms with van der Waals surface area (Å²) in [5, 5.41) is 0. The smallest absolute Gasteiger partial charge is 0.146 e. The lowest BCUT2D eigenvalue weighted by Gasteiger charge is -1.99. The third-order valence-corrected chi connectivity index (χ3v) is 2.43. The minimum absolute atomic E-state index is 0.853. The molecule has 16 heavy (non-hydrogen) atoms. The van der Waals surface area contributed by atoms with Gasteiger partial charge >= 0.3 is 0 Å². The van der Waals surface area contributed by atoms with Crippen molar-refractivity contribution in [3.05, 3.63) is 54.1 Å². The Hall–Kier alpha value is -1.63. The van der Waals surface area contributed by atoms with Crippen LogP contribution in [0.5, 0.6) is 0 Å². The van der Waals surface area contributed by atoms with E-state index >= 15 is 0 Å². The Bertz CT molecular complexity index is 349. The van der Waals surface area contributed by atoms with E-state index in [1.54, 1.807) is 0 Å². The van der Waals surface area contributed by atoms with Gasteiger partial charge in [0.2, 0.25) is 0 Å². The predicted molar refractivity (Wildman–Crippen MR) is 69.1 cm³/mol. The zero-order valence-corrected chi connectivity index (χ0v) is 9.56. The van der Waals surface area contributed by atoms with E-state index in [4.69, 9.17) is 0 Å². The van der Waals surface area contributed by atoms with Crippen molar-refractivity contribution < 1.29 is 4.79 Å². The molecule has 0 unspecified atom stereocenters. The number of benzene rings is 1. The van der Waals surface area contributed by atoms with Crippen LogP contribution < -0.4 is 0 Å². The molecule has 0 amide bonds. The fourth-order valence-electron chi connectivity index (χ4n) is 1.55. The van der Waals surface area contributed by atoms with E-state index in [0.717, 1.165) is 43.1 Å². The summed E-state index contributed by atoms with van der Waals surface area (Å²) in [4.78, 5) is 10.9. The fraction of sp³-hybridized carbons (Fsp3) is 0.267. The molecule has 1 aromatic rings. The van der Waals surface area contributed by atoms with Crippen molar-refractivity contribution in [2.24, 2.45) is 0 Å². The van der Waals surface area contributed by atoms with Crippen molar-refractivity contribution in [2.75, 3.05) is 0 Å². The van der Waals surface area contributed by atoms with Crippen LogP contribution in [0, 0.1) is 0 Å². The first kappa shape index (κ1) is 12.4. The molecule has 1 nitrogen and oxygen atoms in total. The Labute approximate surface area is 97.5 Å². The highest BCUT2D eigenvalue weighted by atomic mass is 16.1. The van der Waals surface area contributed by atoms with Gasteiger partial charge in [-0.2, -0.15) is 0 Å². The topological polar surface area (TPSA) is 17.1 Å². The number of allylic oxidation sites excluding steroid dienone is 2. The lowest BCUT2D eigenvalue weighted by molar-refractivity contribution is -0.105. The molecule has 1 heteroatoms. The van der Waals surface area contributed by atoms with Crippen molar-refractivity contribution in [3.63, 3.8) is 0 Å². The first-order chi connectivity index (χ1) is 7.86. The van der Waals surface area contributed by atoms with Gasteiger partial charge in [0.1, 0.15) is 6.29 Å². The van der Waals surface area contributed by atoms with Crippen LogP contribution in [0.2, 0.25) is 0 Å². The molecular formula is C15H18O. The molecule has 0 bridgehead atoms. The Morgan fingerprint density at radius 3 is 2.56 bits per heavy atom. The van der Waals surface area contributed by atoms with E-state index in [1.165, 1.54) is 0 Å². The molecule has 0 aliphatic rings. The number of carbonyl (C=O) groups is 1. The summed E-state index contributed by atoms with van der Waals surface area (Å²) in [7, 11) is 0. The summed E-state index contributed by atoms with van der Waals surface area (Å²) in [5.41, 5.74) is 1.96. The highest BCUT2D eigenvalue weighted by molar-refractivity contribution is 5.81. The van der Waals surface area contributed by atoms with Gasteiger partial charge in [-0.05, 0) is 42.9 Å². The van der Waals surface area contributed by atoms with Gasteiger partial charge in [-0.15, -0.1) is 6.58 Å². The van der Waals surface area contributed by atoms with Crippen LogP contribution in [0.25, 0.3) is 6.08 Å². The molecule has 0 heterocycles. The molecule has 0 aliphatic heterocycles. The molecule has 0 N–H and O–H groups in total. The number of aldehydes is 1. The second-order valence-electron chi connectivity index (χ2n) is 3.78. The average Bonchev–Trinajstić information content (AvgIpc) is 2.34. The van der Waals surface area contributed by atoms with Gasteiger partial charge < -0.3 is 0 Å². The molecular weight excluding hydrogens is 196 g/mol. The third-order valence-electron chi connectivity index (χ3n) is 2.43. The minimum atomic E-state index is 0.853. The van der Waals surface area contributed by atoms with Crippen LogP contribution in [-0.4, -0.2) is 6.29 Å². The highest BCUT2D eigenvalue weighted by Gasteiger charge is 1.96. The number of hydrogen-bond acceptors (Lipinski definition) is 1. The van der Waals surface area contributed by atoms with E-state index < -0.39 is 0 Å². The van der Waals surface area contributed by atoms with Crippen LogP contribution in [0.15, 0.2) is 48.6 Å². The SMILES string of the molecule is C=CCCCCC(C=O)=Cc1ccccc1. The van der Waals surface area contributed by atoms with Gasteiger partial charge in [0.25, 0.3) is 0 Å². The molecule has 0 aromatic heterocycles. The van der Waals surface area contributed by atoms with E-state index in [1.807, 2.05) is 42.5 Å². The van der Waals surface area contributed by atoms with Crippen LogP contribution >= 0.6 is 0 Å². The normalized spacial score (nSPS) is 11.1. The molecule has 0 aliphatic carbocycles. The van der Waals surface area contributed by atoms with Crippen LogP contribution in [0.4, 0.5) is 0 Å². The van der Waals surface area contributed by atoms with E-state index in [-0.39, 0.29) is 0 Å². The number of hydrogen-bond donors (Lipinski definition) is 0. The van der Waals surface area contributed by atoms with Crippen molar-refractivity contribution in [2.45, 2.75) is 25.7 Å². The summed E-state index contributed by atoms with van der Waals surface area (Å²) in [6.45, 7) is 3.68. The van der Waals surface area contributed by atoms with Crippen molar-refractivity contribution >= 4 is 12.4 Å². The lowest BCUT2D eigenvalue weighted by atomic mass is 10.1. The lowest BCUT2D eigenvalue weighted by Crippen LogP contribution is -1.86. The molecule has 0 fully saturated rings. The quantitative estimate of drug-likeness (QED) is 0.290. The van der Waals surface area contributed by atoms with E-state index in [9.17, 15) is 4.79 Å². The maximum atomic E-state index is 10.9. The Morgan fingerprint density at radius 1 is 1.19 bits per heavy atom. The maximum Gasteiger partial charge on any atom is 0.146 e. The zero-order chi connectivity index (χ0) is 11.6. The van der Waals surface area contributed by atoms with Gasteiger partial charge in [-0.1, -0.05) is 36.4 Å². The predicted octanol–water partition coefficient (Wildman–Crippen LogP) is 4.02. The van der Waals surface area contributed by atoms with Gasteiger partial charge in [-0.3, -0.25) is 4.79 Å². The van der Waals surface area contributed by atoms with Gasteiger partial charge in [0.05, 0.1) is 0 Å². The standard InChI is InChI=1S/C15H18O/c1-2-3-4-6-11-15(13-16)12-14-9-7-5-8-10-14/h2,5,7-10,12-13H,1,3-4,6,11H2. The van der Waals surface area contributed by atoms with Crippen LogP contribution in [0.1, 0.15) is 31.2 Å². The summed E-state index contributed by atoms with van der Waals surface area (Å²) in [5.74, 6) is 0. The third kappa shape index (κ3) is 4.74. The summed E-state index contributed by atoms with van der Waals surface area (Å²) < 4.78 is 0. The Morgan fingerprint density at radius 2 is 1.94 bits per heavy atom. The molecule has 0 atom stereocenters. The first-order valence-electron chi connectivity index (χ1n) is 5.68. The number of unbranched alkanes of at least 4 members (excludes halogenated alkanes) is 2. The Kier molecular flexibility index (Phi) is 5.94. The average molecular weight is 214 g/mol. The molecule has 0 saturated carbocycles.